The molecule has 0 aliphatic rings. The fraction of sp³-hybridized carbons (Fsp3) is 0.483. The number of carbonyl (C=O) groups excluding carboxylic acids is 1. The van der Waals surface area contributed by atoms with Crippen LogP contribution in [-0.4, -0.2) is 64.4 Å². The molecule has 8 nitrogen and oxygen atoms in total. The van der Waals surface area contributed by atoms with Gasteiger partial charge in [0, 0.05) is 31.4 Å². The van der Waals surface area contributed by atoms with E-state index in [2.05, 4.69) is 47.0 Å². The highest BCUT2D eigenvalue weighted by Crippen LogP contribution is 2.22. The van der Waals surface area contributed by atoms with Crippen LogP contribution in [0.3, 0.4) is 0 Å². The van der Waals surface area contributed by atoms with E-state index in [4.69, 9.17) is 23.4 Å². The van der Waals surface area contributed by atoms with Gasteiger partial charge in [-0.2, -0.15) is 0 Å². The molecule has 0 saturated heterocycles. The molecule has 0 spiro atoms. The highest BCUT2D eigenvalue weighted by atomic mass is 16.6. The molecule has 0 unspecified atom stereocenters. The van der Waals surface area contributed by atoms with Gasteiger partial charge in [0.1, 0.15) is 16.9 Å². The van der Waals surface area contributed by atoms with Gasteiger partial charge in [-0.15, -0.1) is 0 Å². The summed E-state index contributed by atoms with van der Waals surface area (Å²) in [4.78, 5) is 11.5. The second kappa shape index (κ2) is 15.4. The summed E-state index contributed by atoms with van der Waals surface area (Å²) < 4.78 is 27.7. The van der Waals surface area contributed by atoms with Crippen molar-refractivity contribution in [3.63, 3.8) is 0 Å². The van der Waals surface area contributed by atoms with Crippen molar-refractivity contribution in [3.05, 3.63) is 71.5 Å². The molecule has 3 aromatic rings. The molecule has 3 rings (SSSR count). The number of benzene rings is 2. The minimum atomic E-state index is -0.500. The molecule has 0 aliphatic heterocycles. The lowest BCUT2D eigenvalue weighted by atomic mass is 10.1. The minimum absolute atomic E-state index is 0.399. The number of hydrogen-bond donors (Lipinski definition) is 2. The third kappa shape index (κ3) is 11.8. The minimum Gasteiger partial charge on any atom is -0.461 e. The highest BCUT2D eigenvalue weighted by molar-refractivity contribution is 5.78. The Balaban J connectivity index is 1.16. The predicted molar refractivity (Wildman–Crippen MR) is 144 cm³/mol. The quantitative estimate of drug-likeness (QED) is 0.269. The Morgan fingerprint density at radius 1 is 0.811 bits per heavy atom. The number of alkyl carbamates (subject to hydrolysis) is 1. The van der Waals surface area contributed by atoms with Crippen LogP contribution in [0, 0.1) is 0 Å². The van der Waals surface area contributed by atoms with Crippen molar-refractivity contribution in [3.8, 4) is 0 Å². The first-order valence-electron chi connectivity index (χ1n) is 12.9. The fourth-order valence-electron chi connectivity index (χ4n) is 3.58. The molecule has 37 heavy (non-hydrogen) atoms. The summed E-state index contributed by atoms with van der Waals surface area (Å²) in [6, 6.07) is 18.8. The average Bonchev–Trinajstić information content (AvgIpc) is 3.25. The van der Waals surface area contributed by atoms with E-state index in [1.54, 1.807) is 0 Å². The molecule has 1 heterocycles. The van der Waals surface area contributed by atoms with E-state index < -0.39 is 11.7 Å². The second-order valence-corrected chi connectivity index (χ2v) is 9.69. The number of hydrogen-bond acceptors (Lipinski definition) is 7. The number of rotatable bonds is 16. The van der Waals surface area contributed by atoms with E-state index in [-0.39, 0.29) is 0 Å². The first kappa shape index (κ1) is 28.7. The van der Waals surface area contributed by atoms with Crippen LogP contribution in [-0.2, 0) is 31.9 Å². The van der Waals surface area contributed by atoms with Crippen LogP contribution in [0.25, 0.3) is 11.0 Å². The first-order valence-corrected chi connectivity index (χ1v) is 12.9. The Morgan fingerprint density at radius 2 is 1.49 bits per heavy atom. The predicted octanol–water partition coefficient (Wildman–Crippen LogP) is 4.69. The Hall–Kier alpha value is -2.91. The van der Waals surface area contributed by atoms with Gasteiger partial charge in [-0.25, -0.2) is 4.79 Å². The van der Waals surface area contributed by atoms with E-state index in [1.807, 2.05) is 39.0 Å². The van der Waals surface area contributed by atoms with Gasteiger partial charge in [-0.1, -0.05) is 42.5 Å². The molecular formula is C29H40N2O6. The van der Waals surface area contributed by atoms with Crippen molar-refractivity contribution < 1.29 is 28.2 Å². The molecule has 8 heteroatoms. The van der Waals surface area contributed by atoms with Crippen molar-refractivity contribution in [1.29, 1.82) is 0 Å². The van der Waals surface area contributed by atoms with Crippen LogP contribution < -0.4 is 10.6 Å². The van der Waals surface area contributed by atoms with Gasteiger partial charge in [0.2, 0.25) is 0 Å². The number of nitrogens with one attached hydrogen (secondary N) is 2. The normalized spacial score (nSPS) is 11.6. The second-order valence-electron chi connectivity index (χ2n) is 9.69. The first-order chi connectivity index (χ1) is 17.9. The molecule has 0 bridgehead atoms. The third-order valence-corrected chi connectivity index (χ3v) is 5.27. The zero-order valence-electron chi connectivity index (χ0n) is 22.2. The molecule has 0 aliphatic carbocycles. The summed E-state index contributed by atoms with van der Waals surface area (Å²) in [5.41, 5.74) is 2.84. The molecular weight excluding hydrogens is 472 g/mol. The maximum Gasteiger partial charge on any atom is 0.407 e. The molecule has 202 valence electrons. The SMILES string of the molecule is CC(C)(C)OC(=O)NCCOCCOCCOCCNCc1ccc2cc(Cc3ccccc3)oc2c1. The Bertz CT molecular complexity index is 1060. The maximum absolute atomic E-state index is 11.5. The highest BCUT2D eigenvalue weighted by Gasteiger charge is 2.15. The molecule has 2 aromatic carbocycles. The van der Waals surface area contributed by atoms with E-state index in [0.717, 1.165) is 36.2 Å². The largest absolute Gasteiger partial charge is 0.461 e. The van der Waals surface area contributed by atoms with Crippen LogP contribution in [0.4, 0.5) is 4.79 Å². The summed E-state index contributed by atoms with van der Waals surface area (Å²) in [5.74, 6) is 0.976. The molecule has 2 N–H and O–H groups in total. The topological polar surface area (TPSA) is 91.2 Å². The number of carbonyl (C=O) groups is 1. The van der Waals surface area contributed by atoms with Gasteiger partial charge in [0.15, 0.2) is 0 Å². The summed E-state index contributed by atoms with van der Waals surface area (Å²) in [5, 5.41) is 7.17. The van der Waals surface area contributed by atoms with Gasteiger partial charge in [0.25, 0.3) is 0 Å². The summed E-state index contributed by atoms with van der Waals surface area (Å²) in [6.07, 6.45) is 0.357. The van der Waals surface area contributed by atoms with Crippen molar-refractivity contribution in [2.75, 3.05) is 52.7 Å². The molecule has 1 amide bonds. The van der Waals surface area contributed by atoms with Gasteiger partial charge in [-0.05, 0) is 44.0 Å². The van der Waals surface area contributed by atoms with Crippen molar-refractivity contribution in [2.24, 2.45) is 0 Å². The monoisotopic (exact) mass is 512 g/mol. The number of amides is 1. The van der Waals surface area contributed by atoms with Gasteiger partial charge in [-0.3, -0.25) is 0 Å². The Morgan fingerprint density at radius 3 is 2.19 bits per heavy atom. The van der Waals surface area contributed by atoms with E-state index in [0.29, 0.717) is 46.2 Å². The molecule has 0 atom stereocenters. The lowest BCUT2D eigenvalue weighted by Crippen LogP contribution is -2.34. The summed E-state index contributed by atoms with van der Waals surface area (Å²) in [7, 11) is 0. The Kier molecular flexibility index (Phi) is 11.9. The lowest BCUT2D eigenvalue weighted by molar-refractivity contribution is 0.0145. The van der Waals surface area contributed by atoms with E-state index in [9.17, 15) is 4.79 Å². The van der Waals surface area contributed by atoms with Gasteiger partial charge >= 0.3 is 6.09 Å². The average molecular weight is 513 g/mol. The standard InChI is InChI=1S/C29H40N2O6/c1-29(2,3)37-28(32)31-12-14-34-16-18-35-17-15-33-13-11-30-22-24-9-10-25-21-26(36-27(25)20-24)19-23-7-5-4-6-8-23/h4-10,20-21,30H,11-19,22H2,1-3H3,(H,31,32). The lowest BCUT2D eigenvalue weighted by Gasteiger charge is -2.19. The van der Waals surface area contributed by atoms with Gasteiger partial charge < -0.3 is 34.0 Å². The fourth-order valence-corrected chi connectivity index (χ4v) is 3.58. The number of furan rings is 1. The molecule has 0 saturated carbocycles. The zero-order valence-corrected chi connectivity index (χ0v) is 22.2. The van der Waals surface area contributed by atoms with Crippen LogP contribution in [0.15, 0.2) is 59.0 Å². The van der Waals surface area contributed by atoms with Crippen molar-refractivity contribution in [2.45, 2.75) is 39.3 Å². The van der Waals surface area contributed by atoms with Crippen LogP contribution in [0.2, 0.25) is 0 Å². The molecule has 1 aromatic heterocycles. The van der Waals surface area contributed by atoms with Crippen molar-refractivity contribution >= 4 is 17.1 Å². The van der Waals surface area contributed by atoms with Crippen LogP contribution in [0.1, 0.15) is 37.7 Å². The number of ether oxygens (including phenoxy) is 4. The molecule has 0 radical (unpaired) electrons. The van der Waals surface area contributed by atoms with Crippen LogP contribution in [0.5, 0.6) is 0 Å². The van der Waals surface area contributed by atoms with Gasteiger partial charge in [0.05, 0.1) is 39.6 Å². The third-order valence-electron chi connectivity index (χ3n) is 5.27. The Labute approximate surface area is 219 Å². The van der Waals surface area contributed by atoms with E-state index >= 15 is 0 Å². The maximum atomic E-state index is 11.5. The van der Waals surface area contributed by atoms with Crippen molar-refractivity contribution in [1.82, 2.24) is 10.6 Å². The van der Waals surface area contributed by atoms with Crippen LogP contribution >= 0.6 is 0 Å². The smallest absolute Gasteiger partial charge is 0.407 e. The zero-order chi connectivity index (χ0) is 26.3. The summed E-state index contributed by atoms with van der Waals surface area (Å²) in [6.45, 7) is 10.4. The molecule has 0 fully saturated rings. The summed E-state index contributed by atoms with van der Waals surface area (Å²) >= 11 is 0. The van der Waals surface area contributed by atoms with E-state index in [1.165, 1.54) is 11.1 Å². The number of fused-ring (bicyclic) bond motifs is 1.